The van der Waals surface area contributed by atoms with E-state index in [1.807, 2.05) is 30.3 Å². The van der Waals surface area contributed by atoms with E-state index in [9.17, 15) is 8.42 Å². The molecule has 1 aliphatic rings. The fourth-order valence-electron chi connectivity index (χ4n) is 2.06. The standard InChI is InChI=1S/C13H16O2S2/c1-2-12-8-9-13(17(12,14)15)10-16-11-6-4-3-5-7-11/h2-7,12-13H,1,8-10H2/t12-,13-/m0/s1. The van der Waals surface area contributed by atoms with Crippen LogP contribution < -0.4 is 0 Å². The highest BCUT2D eigenvalue weighted by atomic mass is 32.2. The van der Waals surface area contributed by atoms with Crippen molar-refractivity contribution in [2.24, 2.45) is 0 Å². The van der Waals surface area contributed by atoms with E-state index in [1.165, 1.54) is 0 Å². The summed E-state index contributed by atoms with van der Waals surface area (Å²) in [5, 5.41) is -0.542. The Bertz CT molecular complexity index is 479. The van der Waals surface area contributed by atoms with E-state index in [1.54, 1.807) is 17.8 Å². The minimum absolute atomic E-state index is 0.212. The second-order valence-corrected chi connectivity index (χ2v) is 7.73. The molecule has 17 heavy (non-hydrogen) atoms. The summed E-state index contributed by atoms with van der Waals surface area (Å²) in [6, 6.07) is 9.93. The molecule has 4 heteroatoms. The van der Waals surface area contributed by atoms with Gasteiger partial charge in [-0.1, -0.05) is 24.3 Å². The number of hydrogen-bond acceptors (Lipinski definition) is 3. The molecule has 1 fully saturated rings. The van der Waals surface area contributed by atoms with Crippen molar-refractivity contribution in [3.63, 3.8) is 0 Å². The molecule has 1 aromatic rings. The zero-order valence-electron chi connectivity index (χ0n) is 9.58. The topological polar surface area (TPSA) is 34.1 Å². The molecule has 0 unspecified atom stereocenters. The van der Waals surface area contributed by atoms with E-state index in [0.717, 1.165) is 17.7 Å². The van der Waals surface area contributed by atoms with Crippen molar-refractivity contribution in [1.82, 2.24) is 0 Å². The number of hydrogen-bond donors (Lipinski definition) is 0. The van der Waals surface area contributed by atoms with Gasteiger partial charge in [-0.3, -0.25) is 0 Å². The van der Waals surface area contributed by atoms with Crippen LogP contribution in [0.25, 0.3) is 0 Å². The molecule has 0 saturated carbocycles. The van der Waals surface area contributed by atoms with Gasteiger partial charge in [0.1, 0.15) is 0 Å². The fraction of sp³-hybridized carbons (Fsp3) is 0.385. The Morgan fingerprint density at radius 3 is 2.59 bits per heavy atom. The first-order valence-electron chi connectivity index (χ1n) is 5.67. The molecule has 1 saturated heterocycles. The summed E-state index contributed by atoms with van der Waals surface area (Å²) < 4.78 is 24.1. The molecule has 1 aromatic carbocycles. The number of rotatable bonds is 4. The number of benzene rings is 1. The smallest absolute Gasteiger partial charge is 0.160 e. The second-order valence-electron chi connectivity index (χ2n) is 4.19. The minimum atomic E-state index is -2.99. The Morgan fingerprint density at radius 2 is 2.00 bits per heavy atom. The summed E-state index contributed by atoms with van der Waals surface area (Å²) in [4.78, 5) is 1.13. The van der Waals surface area contributed by atoms with Gasteiger partial charge in [0.15, 0.2) is 9.84 Å². The zero-order chi connectivity index (χ0) is 12.3. The molecule has 0 aromatic heterocycles. The van der Waals surface area contributed by atoms with E-state index >= 15 is 0 Å². The van der Waals surface area contributed by atoms with Crippen molar-refractivity contribution in [2.45, 2.75) is 28.2 Å². The van der Waals surface area contributed by atoms with Crippen molar-refractivity contribution in [3.05, 3.63) is 43.0 Å². The Labute approximate surface area is 107 Å². The largest absolute Gasteiger partial charge is 0.228 e. The average molecular weight is 268 g/mol. The predicted molar refractivity (Wildman–Crippen MR) is 73.1 cm³/mol. The number of thioether (sulfide) groups is 1. The molecule has 2 rings (SSSR count). The Kier molecular flexibility index (Phi) is 3.94. The van der Waals surface area contributed by atoms with Gasteiger partial charge in [-0.2, -0.15) is 0 Å². The third kappa shape index (κ3) is 2.75. The van der Waals surface area contributed by atoms with Gasteiger partial charge >= 0.3 is 0 Å². The Morgan fingerprint density at radius 1 is 1.29 bits per heavy atom. The van der Waals surface area contributed by atoms with Crippen LogP contribution in [0.4, 0.5) is 0 Å². The molecule has 2 atom stereocenters. The van der Waals surface area contributed by atoms with Crippen molar-refractivity contribution in [2.75, 3.05) is 5.75 Å². The highest BCUT2D eigenvalue weighted by molar-refractivity contribution is 8.01. The van der Waals surface area contributed by atoms with Gasteiger partial charge in [-0.05, 0) is 25.0 Å². The van der Waals surface area contributed by atoms with Crippen LogP contribution in [0.5, 0.6) is 0 Å². The van der Waals surface area contributed by atoms with E-state index < -0.39 is 9.84 Å². The fourth-order valence-corrected chi connectivity index (χ4v) is 5.61. The maximum Gasteiger partial charge on any atom is 0.160 e. The molecule has 1 aliphatic heterocycles. The van der Waals surface area contributed by atoms with Crippen LogP contribution in [-0.4, -0.2) is 24.7 Å². The molecule has 92 valence electrons. The summed E-state index contributed by atoms with van der Waals surface area (Å²) in [5.41, 5.74) is 0. The lowest BCUT2D eigenvalue weighted by Crippen LogP contribution is -2.23. The second kappa shape index (κ2) is 5.27. The predicted octanol–water partition coefficient (Wildman–Crippen LogP) is 2.91. The van der Waals surface area contributed by atoms with Gasteiger partial charge in [-0.15, -0.1) is 18.3 Å². The van der Waals surface area contributed by atoms with Crippen LogP contribution in [0.2, 0.25) is 0 Å². The van der Waals surface area contributed by atoms with Crippen LogP contribution in [-0.2, 0) is 9.84 Å². The zero-order valence-corrected chi connectivity index (χ0v) is 11.2. The summed E-state index contributed by atoms with van der Waals surface area (Å²) in [6.07, 6.45) is 3.06. The Balaban J connectivity index is 2.00. The minimum Gasteiger partial charge on any atom is -0.228 e. The third-order valence-corrected chi connectivity index (χ3v) is 7.09. The third-order valence-electron chi connectivity index (χ3n) is 3.10. The Hall–Kier alpha value is -0.740. The van der Waals surface area contributed by atoms with Crippen LogP contribution in [0, 0.1) is 0 Å². The van der Waals surface area contributed by atoms with Gasteiger partial charge in [0.2, 0.25) is 0 Å². The molecule has 2 nitrogen and oxygen atoms in total. The molecule has 0 spiro atoms. The maximum absolute atomic E-state index is 12.1. The van der Waals surface area contributed by atoms with Crippen LogP contribution in [0.3, 0.4) is 0 Å². The summed E-state index contributed by atoms with van der Waals surface area (Å²) >= 11 is 1.62. The van der Waals surface area contributed by atoms with Crippen LogP contribution in [0.15, 0.2) is 47.9 Å². The number of sulfone groups is 1. The van der Waals surface area contributed by atoms with E-state index in [2.05, 4.69) is 6.58 Å². The summed E-state index contributed by atoms with van der Waals surface area (Å²) in [7, 11) is -2.99. The lowest BCUT2D eigenvalue weighted by molar-refractivity contribution is 0.590. The van der Waals surface area contributed by atoms with Gasteiger partial charge in [-0.25, -0.2) is 8.42 Å². The molecule has 0 bridgehead atoms. The molecule has 0 aliphatic carbocycles. The van der Waals surface area contributed by atoms with Crippen LogP contribution >= 0.6 is 11.8 Å². The lowest BCUT2D eigenvalue weighted by Gasteiger charge is -2.10. The maximum atomic E-state index is 12.1. The first-order valence-corrected chi connectivity index (χ1v) is 8.27. The molecule has 0 radical (unpaired) electrons. The first-order chi connectivity index (χ1) is 8.14. The quantitative estimate of drug-likeness (QED) is 0.622. The highest BCUT2D eigenvalue weighted by Gasteiger charge is 2.38. The van der Waals surface area contributed by atoms with Crippen molar-refractivity contribution < 1.29 is 8.42 Å². The highest BCUT2D eigenvalue weighted by Crippen LogP contribution is 2.32. The first kappa shape index (κ1) is 12.7. The molecular weight excluding hydrogens is 252 g/mol. The average Bonchev–Trinajstić information content (AvgIpc) is 2.62. The molecule has 0 N–H and O–H groups in total. The van der Waals surface area contributed by atoms with Crippen molar-refractivity contribution in [3.8, 4) is 0 Å². The van der Waals surface area contributed by atoms with E-state index in [4.69, 9.17) is 0 Å². The lowest BCUT2D eigenvalue weighted by atomic mass is 10.2. The van der Waals surface area contributed by atoms with Crippen molar-refractivity contribution in [1.29, 1.82) is 0 Å². The molecule has 0 amide bonds. The van der Waals surface area contributed by atoms with E-state index in [0.29, 0.717) is 5.75 Å². The van der Waals surface area contributed by atoms with Crippen LogP contribution in [0.1, 0.15) is 12.8 Å². The van der Waals surface area contributed by atoms with E-state index in [-0.39, 0.29) is 10.5 Å². The van der Waals surface area contributed by atoms with Gasteiger partial charge in [0.25, 0.3) is 0 Å². The van der Waals surface area contributed by atoms with Gasteiger partial charge < -0.3 is 0 Å². The normalized spacial score (nSPS) is 26.8. The van der Waals surface area contributed by atoms with Gasteiger partial charge in [0.05, 0.1) is 10.5 Å². The molecule has 1 heterocycles. The summed E-state index contributed by atoms with van der Waals surface area (Å²) in [5.74, 6) is 0.649. The molecular formula is C13H16O2S2. The van der Waals surface area contributed by atoms with Crippen molar-refractivity contribution >= 4 is 21.6 Å². The SMILES string of the molecule is C=C[C@H]1CC[C@@H](CSc2ccccc2)S1(=O)=O. The monoisotopic (exact) mass is 268 g/mol. The van der Waals surface area contributed by atoms with Gasteiger partial charge in [0, 0.05) is 10.6 Å². The summed E-state index contributed by atoms with van der Waals surface area (Å²) in [6.45, 7) is 3.61.